The lowest BCUT2D eigenvalue weighted by molar-refractivity contribution is -0.141. The van der Waals surface area contributed by atoms with E-state index in [2.05, 4.69) is 5.32 Å². The Balaban J connectivity index is 2.04. The minimum atomic E-state index is -1.05. The Morgan fingerprint density at radius 3 is 2.47 bits per heavy atom. The summed E-state index contributed by atoms with van der Waals surface area (Å²) in [5, 5.41) is 21.6. The molecule has 0 radical (unpaired) electrons. The Hall–Kier alpha value is -1.34. The van der Waals surface area contributed by atoms with E-state index in [0.29, 0.717) is 13.1 Å². The zero-order chi connectivity index (χ0) is 12.4. The minimum Gasteiger partial charge on any atom is -0.480 e. The van der Waals surface area contributed by atoms with Gasteiger partial charge in [0.15, 0.2) is 0 Å². The number of aliphatic carboxylic acids is 1. The van der Waals surface area contributed by atoms with E-state index < -0.39 is 18.1 Å². The quantitative estimate of drug-likeness (QED) is 0.523. The van der Waals surface area contributed by atoms with Crippen LogP contribution in [0.1, 0.15) is 6.42 Å². The molecule has 2 fully saturated rings. The van der Waals surface area contributed by atoms with E-state index in [1.165, 1.54) is 4.90 Å². The molecule has 2 amide bonds. The molecular formula is C10H17N3O4. The van der Waals surface area contributed by atoms with Crippen LogP contribution in [0, 0.1) is 0 Å². The van der Waals surface area contributed by atoms with Crippen LogP contribution in [0.2, 0.25) is 0 Å². The van der Waals surface area contributed by atoms with E-state index in [9.17, 15) is 14.7 Å². The van der Waals surface area contributed by atoms with E-state index >= 15 is 0 Å². The maximum atomic E-state index is 12.1. The molecule has 7 heteroatoms. The van der Waals surface area contributed by atoms with Gasteiger partial charge in [0, 0.05) is 39.1 Å². The molecule has 96 valence electrons. The normalized spacial score (nSPS) is 29.5. The molecule has 2 aliphatic heterocycles. The van der Waals surface area contributed by atoms with Crippen LogP contribution < -0.4 is 5.32 Å². The van der Waals surface area contributed by atoms with Gasteiger partial charge >= 0.3 is 12.0 Å². The van der Waals surface area contributed by atoms with Crippen LogP contribution in [0.5, 0.6) is 0 Å². The van der Waals surface area contributed by atoms with Crippen LogP contribution in [0.25, 0.3) is 0 Å². The molecule has 0 aromatic rings. The van der Waals surface area contributed by atoms with Gasteiger partial charge in [0.25, 0.3) is 0 Å². The fourth-order valence-electron chi connectivity index (χ4n) is 2.30. The average molecular weight is 243 g/mol. The first-order valence-corrected chi connectivity index (χ1v) is 5.76. The molecule has 17 heavy (non-hydrogen) atoms. The number of nitrogens with one attached hydrogen (secondary N) is 1. The molecule has 0 aromatic carbocycles. The van der Waals surface area contributed by atoms with Crippen LogP contribution in [0.3, 0.4) is 0 Å². The molecule has 3 N–H and O–H groups in total. The van der Waals surface area contributed by atoms with Gasteiger partial charge in [-0.15, -0.1) is 0 Å². The van der Waals surface area contributed by atoms with Gasteiger partial charge in [-0.05, 0) is 0 Å². The number of urea groups is 1. The second-order valence-corrected chi connectivity index (χ2v) is 4.42. The number of hydrogen-bond acceptors (Lipinski definition) is 4. The number of aliphatic hydroxyl groups excluding tert-OH is 1. The van der Waals surface area contributed by atoms with Crippen molar-refractivity contribution >= 4 is 12.0 Å². The first kappa shape index (κ1) is 12.1. The number of rotatable bonds is 1. The van der Waals surface area contributed by atoms with Crippen molar-refractivity contribution in [2.45, 2.75) is 18.6 Å². The van der Waals surface area contributed by atoms with Crippen molar-refractivity contribution in [1.29, 1.82) is 0 Å². The maximum absolute atomic E-state index is 12.1. The zero-order valence-corrected chi connectivity index (χ0v) is 9.50. The summed E-state index contributed by atoms with van der Waals surface area (Å²) in [6.45, 7) is 2.72. The molecule has 0 spiro atoms. The number of carbonyl (C=O) groups excluding carboxylic acids is 1. The van der Waals surface area contributed by atoms with Gasteiger partial charge in [0.05, 0.1) is 6.10 Å². The van der Waals surface area contributed by atoms with Crippen LogP contribution in [0.4, 0.5) is 4.79 Å². The Kier molecular flexibility index (Phi) is 3.49. The zero-order valence-electron chi connectivity index (χ0n) is 9.50. The Morgan fingerprint density at radius 2 is 1.88 bits per heavy atom. The Bertz CT molecular complexity index is 317. The molecule has 0 aromatic heterocycles. The van der Waals surface area contributed by atoms with E-state index in [-0.39, 0.29) is 19.0 Å². The number of likely N-dealkylation sites (tertiary alicyclic amines) is 1. The van der Waals surface area contributed by atoms with E-state index in [0.717, 1.165) is 13.1 Å². The lowest BCUT2D eigenvalue weighted by Crippen LogP contribution is -2.53. The van der Waals surface area contributed by atoms with E-state index in [1.807, 2.05) is 0 Å². The number of β-amino-alcohol motifs (C(OH)–C–C–N with tert-alkyl or cyclic N) is 1. The lowest BCUT2D eigenvalue weighted by Gasteiger charge is -2.32. The molecule has 1 unspecified atom stereocenters. The third-order valence-corrected chi connectivity index (χ3v) is 3.20. The highest BCUT2D eigenvalue weighted by atomic mass is 16.4. The number of nitrogens with zero attached hydrogens (tertiary/aromatic N) is 2. The van der Waals surface area contributed by atoms with Crippen molar-refractivity contribution in [1.82, 2.24) is 15.1 Å². The standard InChI is InChI=1S/C10H17N3O4/c14-7-5-8(9(15)16)13(6-7)10(17)12-3-1-11-2-4-12/h7-8,11,14H,1-6H2,(H,15,16)/t7?,8-/m0/s1. The summed E-state index contributed by atoms with van der Waals surface area (Å²) >= 11 is 0. The summed E-state index contributed by atoms with van der Waals surface area (Å²) in [7, 11) is 0. The van der Waals surface area contributed by atoms with Crippen molar-refractivity contribution < 1.29 is 19.8 Å². The summed E-state index contributed by atoms with van der Waals surface area (Å²) in [6, 6.07) is -1.18. The largest absolute Gasteiger partial charge is 0.480 e. The molecular weight excluding hydrogens is 226 g/mol. The van der Waals surface area contributed by atoms with E-state index in [4.69, 9.17) is 5.11 Å². The molecule has 0 aliphatic carbocycles. The summed E-state index contributed by atoms with van der Waals surface area (Å²) < 4.78 is 0. The number of carboxylic acid groups (broad SMARTS) is 1. The van der Waals surface area contributed by atoms with E-state index in [1.54, 1.807) is 4.90 Å². The molecule has 2 heterocycles. The van der Waals surface area contributed by atoms with Gasteiger partial charge in [-0.25, -0.2) is 9.59 Å². The Morgan fingerprint density at radius 1 is 1.24 bits per heavy atom. The number of amides is 2. The summed E-state index contributed by atoms with van der Waals surface area (Å²) in [5.41, 5.74) is 0. The first-order valence-electron chi connectivity index (χ1n) is 5.76. The molecule has 2 aliphatic rings. The van der Waals surface area contributed by atoms with Crippen LogP contribution in [0.15, 0.2) is 0 Å². The third-order valence-electron chi connectivity index (χ3n) is 3.20. The monoisotopic (exact) mass is 243 g/mol. The summed E-state index contributed by atoms with van der Waals surface area (Å²) in [6.07, 6.45) is -0.615. The van der Waals surface area contributed by atoms with Crippen LogP contribution in [-0.2, 0) is 4.79 Å². The van der Waals surface area contributed by atoms with Crippen molar-refractivity contribution in [2.24, 2.45) is 0 Å². The number of carbonyl (C=O) groups is 2. The highest BCUT2D eigenvalue weighted by Gasteiger charge is 2.40. The average Bonchev–Trinajstić information content (AvgIpc) is 2.72. The second-order valence-electron chi connectivity index (χ2n) is 4.42. The first-order chi connectivity index (χ1) is 8.09. The van der Waals surface area contributed by atoms with Gasteiger partial charge in [-0.3, -0.25) is 0 Å². The van der Waals surface area contributed by atoms with Gasteiger partial charge in [0.1, 0.15) is 6.04 Å². The minimum absolute atomic E-state index is 0.111. The van der Waals surface area contributed by atoms with Crippen LogP contribution in [-0.4, -0.2) is 76.9 Å². The number of hydrogen-bond donors (Lipinski definition) is 3. The lowest BCUT2D eigenvalue weighted by atomic mass is 10.2. The molecule has 2 saturated heterocycles. The van der Waals surface area contributed by atoms with Crippen molar-refractivity contribution in [3.05, 3.63) is 0 Å². The predicted molar refractivity (Wildman–Crippen MR) is 58.6 cm³/mol. The van der Waals surface area contributed by atoms with Gasteiger partial charge < -0.3 is 25.3 Å². The smallest absolute Gasteiger partial charge is 0.326 e. The van der Waals surface area contributed by atoms with Crippen molar-refractivity contribution in [2.75, 3.05) is 32.7 Å². The maximum Gasteiger partial charge on any atom is 0.326 e. The SMILES string of the molecule is O=C(O)[C@@H]1CC(O)CN1C(=O)N1CCNCC1. The summed E-state index contributed by atoms with van der Waals surface area (Å²) in [5.74, 6) is -1.05. The van der Waals surface area contributed by atoms with Crippen LogP contribution >= 0.6 is 0 Å². The third kappa shape index (κ3) is 2.50. The number of piperazine rings is 1. The fraction of sp³-hybridized carbons (Fsp3) is 0.800. The molecule has 0 saturated carbocycles. The van der Waals surface area contributed by atoms with Gasteiger partial charge in [0.2, 0.25) is 0 Å². The second kappa shape index (κ2) is 4.89. The summed E-state index contributed by atoms with van der Waals surface area (Å²) in [4.78, 5) is 26.0. The molecule has 2 atom stereocenters. The highest BCUT2D eigenvalue weighted by Crippen LogP contribution is 2.20. The van der Waals surface area contributed by atoms with Crippen molar-refractivity contribution in [3.8, 4) is 0 Å². The highest BCUT2D eigenvalue weighted by molar-refractivity contribution is 5.83. The molecule has 2 rings (SSSR count). The van der Waals surface area contributed by atoms with Crippen molar-refractivity contribution in [3.63, 3.8) is 0 Å². The Labute approximate surface area is 99.0 Å². The topological polar surface area (TPSA) is 93.1 Å². The number of carboxylic acids is 1. The molecule has 7 nitrogen and oxygen atoms in total. The predicted octanol–water partition coefficient (Wildman–Crippen LogP) is -1.47. The fourth-order valence-corrected chi connectivity index (χ4v) is 2.30. The molecule has 0 bridgehead atoms. The van der Waals surface area contributed by atoms with Gasteiger partial charge in [-0.1, -0.05) is 0 Å². The van der Waals surface area contributed by atoms with Gasteiger partial charge in [-0.2, -0.15) is 0 Å². The number of aliphatic hydroxyl groups is 1.